The van der Waals surface area contributed by atoms with Crippen LogP contribution in [0.2, 0.25) is 0 Å². The summed E-state index contributed by atoms with van der Waals surface area (Å²) in [4.78, 5) is 18.6. The van der Waals surface area contributed by atoms with Gasteiger partial charge in [-0.15, -0.1) is 24.0 Å². The van der Waals surface area contributed by atoms with Gasteiger partial charge in [-0.1, -0.05) is 30.3 Å². The number of aliphatic imine (C=N–C) groups is 1. The van der Waals surface area contributed by atoms with E-state index in [0.29, 0.717) is 12.5 Å². The second-order valence-corrected chi connectivity index (χ2v) is 6.38. The minimum absolute atomic E-state index is 0. The van der Waals surface area contributed by atoms with Crippen LogP contribution >= 0.6 is 24.0 Å². The number of carbonyl (C=O) groups is 1. The van der Waals surface area contributed by atoms with E-state index in [-0.39, 0.29) is 29.9 Å². The average Bonchev–Trinajstić information content (AvgIpc) is 2.62. The lowest BCUT2D eigenvalue weighted by molar-refractivity contribution is -0.131. The third-order valence-corrected chi connectivity index (χ3v) is 4.64. The summed E-state index contributed by atoms with van der Waals surface area (Å²) in [6, 6.07) is 10.6. The second kappa shape index (κ2) is 9.86. The van der Waals surface area contributed by atoms with E-state index in [1.165, 1.54) is 5.56 Å². The summed E-state index contributed by atoms with van der Waals surface area (Å²) in [5.74, 6) is 1.64. The van der Waals surface area contributed by atoms with Crippen molar-refractivity contribution in [1.29, 1.82) is 0 Å². The van der Waals surface area contributed by atoms with Gasteiger partial charge in [0, 0.05) is 26.2 Å². The summed E-state index contributed by atoms with van der Waals surface area (Å²) in [6.07, 6.45) is 4.38. The van der Waals surface area contributed by atoms with E-state index in [9.17, 15) is 4.79 Å². The minimum Gasteiger partial charge on any atom is -0.356 e. The second-order valence-electron chi connectivity index (χ2n) is 6.38. The highest BCUT2D eigenvalue weighted by Gasteiger charge is 2.23. The summed E-state index contributed by atoms with van der Waals surface area (Å²) in [6.45, 7) is 3.87. The van der Waals surface area contributed by atoms with Crippen LogP contribution in [0.1, 0.15) is 24.8 Å². The first-order chi connectivity index (χ1) is 11.3. The first-order valence-electron chi connectivity index (χ1n) is 8.65. The van der Waals surface area contributed by atoms with Crippen molar-refractivity contribution in [2.75, 3.05) is 32.7 Å². The minimum atomic E-state index is 0. The van der Waals surface area contributed by atoms with Gasteiger partial charge in [0.15, 0.2) is 5.96 Å². The fourth-order valence-electron chi connectivity index (χ4n) is 3.26. The Bertz CT molecular complexity index is 541. The van der Waals surface area contributed by atoms with Gasteiger partial charge in [-0.05, 0) is 37.2 Å². The van der Waals surface area contributed by atoms with E-state index in [1.807, 2.05) is 4.90 Å². The molecule has 1 aromatic carbocycles. The van der Waals surface area contributed by atoms with Gasteiger partial charge < -0.3 is 15.5 Å². The van der Waals surface area contributed by atoms with Gasteiger partial charge in [0.2, 0.25) is 5.91 Å². The smallest absolute Gasteiger partial charge is 0.241 e. The maximum Gasteiger partial charge on any atom is 0.241 e. The molecule has 1 saturated heterocycles. The van der Waals surface area contributed by atoms with Gasteiger partial charge in [-0.3, -0.25) is 9.79 Å². The lowest BCUT2D eigenvalue weighted by atomic mass is 9.90. The van der Waals surface area contributed by atoms with Gasteiger partial charge in [0.25, 0.3) is 0 Å². The van der Waals surface area contributed by atoms with Crippen molar-refractivity contribution in [2.45, 2.75) is 25.7 Å². The molecule has 2 heterocycles. The number of hydrogen-bond acceptors (Lipinski definition) is 4. The summed E-state index contributed by atoms with van der Waals surface area (Å²) < 4.78 is 0. The molecule has 0 unspecified atom stereocenters. The van der Waals surface area contributed by atoms with Crippen molar-refractivity contribution in [3.8, 4) is 0 Å². The van der Waals surface area contributed by atoms with Crippen LogP contribution in [0, 0.1) is 5.92 Å². The molecule has 3 rings (SSSR count). The third kappa shape index (κ3) is 5.65. The largest absolute Gasteiger partial charge is 0.356 e. The van der Waals surface area contributed by atoms with Crippen molar-refractivity contribution in [3.63, 3.8) is 0 Å². The summed E-state index contributed by atoms with van der Waals surface area (Å²) in [5.41, 5.74) is 1.40. The molecule has 0 aromatic heterocycles. The zero-order valence-electron chi connectivity index (χ0n) is 14.0. The van der Waals surface area contributed by atoms with E-state index in [0.717, 1.165) is 57.8 Å². The molecule has 2 N–H and O–H groups in total. The number of likely N-dealkylation sites (tertiary alicyclic amines) is 1. The first-order valence-corrected chi connectivity index (χ1v) is 8.65. The van der Waals surface area contributed by atoms with Crippen LogP contribution in [0.5, 0.6) is 0 Å². The lowest BCUT2D eigenvalue weighted by Crippen LogP contribution is -2.48. The molecule has 2 aliphatic heterocycles. The predicted octanol–water partition coefficient (Wildman–Crippen LogP) is 2.02. The van der Waals surface area contributed by atoms with Crippen LogP contribution in [-0.4, -0.2) is 49.5 Å². The summed E-state index contributed by atoms with van der Waals surface area (Å²) >= 11 is 0. The van der Waals surface area contributed by atoms with Crippen LogP contribution in [0.3, 0.4) is 0 Å². The number of rotatable bonds is 4. The lowest BCUT2D eigenvalue weighted by Gasteiger charge is -2.32. The fraction of sp³-hybridized carbons (Fsp3) is 0.556. The van der Waals surface area contributed by atoms with Crippen molar-refractivity contribution >= 4 is 35.8 Å². The quantitative estimate of drug-likeness (QED) is 0.702. The Morgan fingerprint density at radius 3 is 2.67 bits per heavy atom. The Balaban J connectivity index is 0.00000208. The number of hydrogen-bond donors (Lipinski definition) is 2. The molecule has 2 aliphatic rings. The molecule has 0 spiro atoms. The SMILES string of the molecule is I.O=C(CNC1=NCCCN1)N1CCC(Cc2ccccc2)CC1. The molecule has 0 aliphatic carbocycles. The highest BCUT2D eigenvalue weighted by Crippen LogP contribution is 2.21. The van der Waals surface area contributed by atoms with Gasteiger partial charge in [0.05, 0.1) is 6.54 Å². The molecule has 0 saturated carbocycles. The molecule has 0 radical (unpaired) electrons. The highest BCUT2D eigenvalue weighted by atomic mass is 127. The van der Waals surface area contributed by atoms with E-state index < -0.39 is 0 Å². The molecule has 132 valence electrons. The Labute approximate surface area is 161 Å². The van der Waals surface area contributed by atoms with Crippen LogP contribution in [0.15, 0.2) is 35.3 Å². The molecule has 6 heteroatoms. The molecule has 1 aromatic rings. The van der Waals surface area contributed by atoms with Crippen molar-refractivity contribution in [1.82, 2.24) is 15.5 Å². The number of guanidine groups is 1. The zero-order valence-corrected chi connectivity index (χ0v) is 16.4. The number of carbonyl (C=O) groups excluding carboxylic acids is 1. The normalized spacial score (nSPS) is 18.2. The van der Waals surface area contributed by atoms with Crippen LogP contribution in [0.25, 0.3) is 0 Å². The van der Waals surface area contributed by atoms with Gasteiger partial charge >= 0.3 is 0 Å². The fourth-order valence-corrected chi connectivity index (χ4v) is 3.26. The number of nitrogens with one attached hydrogen (secondary N) is 2. The number of amides is 1. The molecule has 1 fully saturated rings. The molecular weight excluding hydrogens is 415 g/mol. The number of nitrogens with zero attached hydrogens (tertiary/aromatic N) is 2. The predicted molar refractivity (Wildman–Crippen MR) is 108 cm³/mol. The highest BCUT2D eigenvalue weighted by molar-refractivity contribution is 14.0. The maximum atomic E-state index is 12.3. The molecule has 24 heavy (non-hydrogen) atoms. The standard InChI is InChI=1S/C18H26N4O.HI/c23-17(14-21-18-19-9-4-10-20-18)22-11-7-16(8-12-22)13-15-5-2-1-3-6-15;/h1-3,5-6,16H,4,7-14H2,(H2,19,20,21);1H. The Kier molecular flexibility index (Phi) is 7.81. The Morgan fingerprint density at radius 1 is 1.25 bits per heavy atom. The zero-order chi connectivity index (χ0) is 15.9. The van der Waals surface area contributed by atoms with Crippen molar-refractivity contribution in [3.05, 3.63) is 35.9 Å². The molecule has 0 bridgehead atoms. The molecule has 1 amide bonds. The van der Waals surface area contributed by atoms with Crippen LogP contribution < -0.4 is 10.6 Å². The average molecular weight is 442 g/mol. The van der Waals surface area contributed by atoms with E-state index in [2.05, 4.69) is 46.0 Å². The Hall–Kier alpha value is -1.31. The van der Waals surface area contributed by atoms with Gasteiger partial charge in [-0.2, -0.15) is 0 Å². The summed E-state index contributed by atoms with van der Waals surface area (Å²) in [5, 5.41) is 6.30. The van der Waals surface area contributed by atoms with Gasteiger partial charge in [0.1, 0.15) is 0 Å². The van der Waals surface area contributed by atoms with E-state index in [4.69, 9.17) is 0 Å². The monoisotopic (exact) mass is 442 g/mol. The van der Waals surface area contributed by atoms with Crippen LogP contribution in [0.4, 0.5) is 0 Å². The molecular formula is C18H27IN4O. The van der Waals surface area contributed by atoms with E-state index in [1.54, 1.807) is 0 Å². The molecule has 5 nitrogen and oxygen atoms in total. The third-order valence-electron chi connectivity index (χ3n) is 4.64. The topological polar surface area (TPSA) is 56.7 Å². The van der Waals surface area contributed by atoms with Gasteiger partial charge in [-0.25, -0.2) is 0 Å². The van der Waals surface area contributed by atoms with Crippen molar-refractivity contribution < 1.29 is 4.79 Å². The molecule has 0 atom stereocenters. The van der Waals surface area contributed by atoms with Crippen LogP contribution in [-0.2, 0) is 11.2 Å². The number of piperidine rings is 1. The number of halogens is 1. The maximum absolute atomic E-state index is 12.3. The van der Waals surface area contributed by atoms with Crippen molar-refractivity contribution in [2.24, 2.45) is 10.9 Å². The number of benzene rings is 1. The van der Waals surface area contributed by atoms with E-state index >= 15 is 0 Å². The first kappa shape index (κ1) is 19.0. The summed E-state index contributed by atoms with van der Waals surface area (Å²) in [7, 11) is 0. The Morgan fingerprint density at radius 2 is 2.00 bits per heavy atom.